The fourth-order valence-electron chi connectivity index (χ4n) is 0.929. The van der Waals surface area contributed by atoms with Crippen molar-refractivity contribution >= 4 is 15.9 Å². The van der Waals surface area contributed by atoms with Gasteiger partial charge in [-0.25, -0.2) is 0 Å². The van der Waals surface area contributed by atoms with E-state index in [1.807, 2.05) is 11.8 Å². The molecule has 1 rings (SSSR count). The zero-order valence-corrected chi connectivity index (χ0v) is 6.82. The van der Waals surface area contributed by atoms with Crippen LogP contribution in [0.25, 0.3) is 0 Å². The molecule has 4 heteroatoms. The molecule has 0 aromatic heterocycles. The summed E-state index contributed by atoms with van der Waals surface area (Å²) in [5.74, 6) is 0.521. The van der Waals surface area contributed by atoms with Gasteiger partial charge < -0.3 is 0 Å². The Hall–Kier alpha value is -0.220. The van der Waals surface area contributed by atoms with Gasteiger partial charge in [-0.2, -0.15) is 0 Å². The maximum atomic E-state index is 10.8. The summed E-state index contributed by atoms with van der Waals surface area (Å²) < 4.78 is 10.8. The molecule has 1 fully saturated rings. The van der Waals surface area contributed by atoms with E-state index in [0.717, 1.165) is 13.1 Å². The van der Waals surface area contributed by atoms with Gasteiger partial charge in [0.1, 0.15) is 0 Å². The second-order valence-corrected chi connectivity index (χ2v) is 3.85. The molecule has 0 N–H and O–H groups in total. The molecule has 0 saturated carbocycles. The van der Waals surface area contributed by atoms with E-state index in [9.17, 15) is 9.00 Å². The third-order valence-corrected chi connectivity index (χ3v) is 2.84. The Kier molecular flexibility index (Phi) is 2.56. The number of carbonyl (C=O) groups excluding carboxylic acids is 1. The first-order valence-corrected chi connectivity index (χ1v) is 4.69. The summed E-state index contributed by atoms with van der Waals surface area (Å²) in [6, 6.07) is 0. The largest absolute Gasteiger partial charge is 0.295 e. The van der Waals surface area contributed by atoms with Gasteiger partial charge in [-0.05, 0) is 6.54 Å². The quantitative estimate of drug-likeness (QED) is 0.525. The molecule has 0 radical (unpaired) electrons. The maximum Gasteiger partial charge on any atom is 0.232 e. The van der Waals surface area contributed by atoms with Crippen LogP contribution >= 0.6 is 0 Å². The standard InChI is InChI=1S/C6H11NO2S/c1-2-7-3-4-10(9)6(8)5-7/h2-5H2,1H3/t10-/m0/s1. The van der Waals surface area contributed by atoms with Crippen molar-refractivity contribution in [3.63, 3.8) is 0 Å². The third-order valence-electron chi connectivity index (χ3n) is 1.65. The van der Waals surface area contributed by atoms with Crippen LogP contribution < -0.4 is 0 Å². The predicted octanol–water partition coefficient (Wildman–Crippen LogP) is -0.403. The van der Waals surface area contributed by atoms with Crippen LogP contribution in [0.5, 0.6) is 0 Å². The Bertz CT molecular complexity index is 169. The predicted molar refractivity (Wildman–Crippen MR) is 40.1 cm³/mol. The summed E-state index contributed by atoms with van der Waals surface area (Å²) in [5, 5.41) is -0.117. The van der Waals surface area contributed by atoms with Gasteiger partial charge in [-0.15, -0.1) is 0 Å². The Morgan fingerprint density at radius 1 is 1.70 bits per heavy atom. The van der Waals surface area contributed by atoms with E-state index >= 15 is 0 Å². The Morgan fingerprint density at radius 2 is 2.40 bits per heavy atom. The van der Waals surface area contributed by atoms with Crippen molar-refractivity contribution in [1.82, 2.24) is 4.90 Å². The van der Waals surface area contributed by atoms with Crippen molar-refractivity contribution in [2.24, 2.45) is 0 Å². The lowest BCUT2D eigenvalue weighted by Crippen LogP contribution is -2.40. The summed E-state index contributed by atoms with van der Waals surface area (Å²) in [6.07, 6.45) is 0. The maximum absolute atomic E-state index is 10.8. The number of rotatable bonds is 1. The zero-order valence-electron chi connectivity index (χ0n) is 6.00. The van der Waals surface area contributed by atoms with Crippen LogP contribution in [0.15, 0.2) is 0 Å². The molecule has 0 bridgehead atoms. The van der Waals surface area contributed by atoms with Crippen LogP contribution in [0.4, 0.5) is 0 Å². The molecule has 0 aromatic carbocycles. The van der Waals surface area contributed by atoms with E-state index in [2.05, 4.69) is 0 Å². The Labute approximate surface area is 62.9 Å². The first kappa shape index (κ1) is 7.88. The lowest BCUT2D eigenvalue weighted by atomic mass is 10.5. The highest BCUT2D eigenvalue weighted by molar-refractivity contribution is 8.00. The van der Waals surface area contributed by atoms with Crippen LogP contribution in [-0.2, 0) is 15.6 Å². The lowest BCUT2D eigenvalue weighted by molar-refractivity contribution is -0.112. The zero-order chi connectivity index (χ0) is 7.56. The molecule has 10 heavy (non-hydrogen) atoms. The molecule has 0 amide bonds. The van der Waals surface area contributed by atoms with Crippen molar-refractivity contribution in [2.75, 3.05) is 25.4 Å². The summed E-state index contributed by atoms with van der Waals surface area (Å²) >= 11 is 0. The molecule has 0 aromatic rings. The highest BCUT2D eigenvalue weighted by Gasteiger charge is 2.21. The SMILES string of the molecule is CCN1CC[S@](=O)C(=O)C1. The molecule has 1 aliphatic heterocycles. The molecule has 1 heterocycles. The van der Waals surface area contributed by atoms with Gasteiger partial charge in [0.05, 0.1) is 17.3 Å². The molecule has 3 nitrogen and oxygen atoms in total. The molecule has 1 saturated heterocycles. The molecule has 58 valence electrons. The van der Waals surface area contributed by atoms with Gasteiger partial charge in [0.25, 0.3) is 0 Å². The van der Waals surface area contributed by atoms with E-state index in [1.165, 1.54) is 0 Å². The number of hydrogen-bond acceptors (Lipinski definition) is 3. The minimum absolute atomic E-state index is 0.117. The normalized spacial score (nSPS) is 28.9. The third kappa shape index (κ3) is 1.64. The monoisotopic (exact) mass is 161 g/mol. The van der Waals surface area contributed by atoms with Gasteiger partial charge in [-0.3, -0.25) is 13.9 Å². The smallest absolute Gasteiger partial charge is 0.232 e. The Balaban J connectivity index is 2.48. The molecule has 1 atom stereocenters. The van der Waals surface area contributed by atoms with Gasteiger partial charge in [-0.1, -0.05) is 6.92 Å². The summed E-state index contributed by atoms with van der Waals surface area (Å²) in [7, 11) is -1.19. The highest BCUT2D eigenvalue weighted by atomic mass is 32.2. The molecular formula is C6H11NO2S. The Morgan fingerprint density at radius 3 is 2.90 bits per heavy atom. The van der Waals surface area contributed by atoms with E-state index in [0.29, 0.717) is 12.3 Å². The van der Waals surface area contributed by atoms with Gasteiger partial charge in [0.15, 0.2) is 0 Å². The van der Waals surface area contributed by atoms with Crippen molar-refractivity contribution in [3.8, 4) is 0 Å². The fourth-order valence-corrected chi connectivity index (χ4v) is 1.91. The average Bonchev–Trinajstić information content (AvgIpc) is 1.95. The number of carbonyl (C=O) groups is 1. The number of nitrogens with zero attached hydrogens (tertiary/aromatic N) is 1. The lowest BCUT2D eigenvalue weighted by Gasteiger charge is -2.22. The van der Waals surface area contributed by atoms with Crippen LogP contribution in [-0.4, -0.2) is 39.6 Å². The van der Waals surface area contributed by atoms with E-state index in [4.69, 9.17) is 0 Å². The fraction of sp³-hybridized carbons (Fsp3) is 0.833. The van der Waals surface area contributed by atoms with Gasteiger partial charge in [0.2, 0.25) is 5.12 Å². The van der Waals surface area contributed by atoms with E-state index in [-0.39, 0.29) is 5.12 Å². The van der Waals surface area contributed by atoms with Crippen molar-refractivity contribution in [1.29, 1.82) is 0 Å². The van der Waals surface area contributed by atoms with Crippen molar-refractivity contribution in [2.45, 2.75) is 6.92 Å². The van der Waals surface area contributed by atoms with Crippen LogP contribution in [0.3, 0.4) is 0 Å². The second kappa shape index (κ2) is 3.25. The van der Waals surface area contributed by atoms with Crippen LogP contribution in [0.2, 0.25) is 0 Å². The van der Waals surface area contributed by atoms with Gasteiger partial charge >= 0.3 is 0 Å². The molecule has 0 spiro atoms. The summed E-state index contributed by atoms with van der Waals surface area (Å²) in [5.41, 5.74) is 0. The molecule has 0 aliphatic carbocycles. The molecule has 0 unspecified atom stereocenters. The first-order valence-electron chi connectivity index (χ1n) is 3.37. The van der Waals surface area contributed by atoms with Crippen molar-refractivity contribution < 1.29 is 9.00 Å². The summed E-state index contributed by atoms with van der Waals surface area (Å²) in [6.45, 7) is 4.06. The van der Waals surface area contributed by atoms with Crippen molar-refractivity contribution in [3.05, 3.63) is 0 Å². The van der Waals surface area contributed by atoms with Gasteiger partial charge in [0, 0.05) is 12.3 Å². The minimum Gasteiger partial charge on any atom is -0.295 e. The summed E-state index contributed by atoms with van der Waals surface area (Å²) in [4.78, 5) is 12.8. The number of hydrogen-bond donors (Lipinski definition) is 0. The van der Waals surface area contributed by atoms with E-state index < -0.39 is 10.8 Å². The second-order valence-electron chi connectivity index (χ2n) is 2.29. The van der Waals surface area contributed by atoms with E-state index in [1.54, 1.807) is 0 Å². The number of likely N-dealkylation sites (N-methyl/N-ethyl adjacent to an activating group) is 1. The average molecular weight is 161 g/mol. The van der Waals surface area contributed by atoms with Crippen LogP contribution in [0.1, 0.15) is 6.92 Å². The minimum atomic E-state index is -1.19. The topological polar surface area (TPSA) is 37.4 Å². The highest BCUT2D eigenvalue weighted by Crippen LogP contribution is 1.99. The molecule has 1 aliphatic rings. The molecular weight excluding hydrogens is 150 g/mol. The first-order chi connectivity index (χ1) is 4.74. The van der Waals surface area contributed by atoms with Crippen LogP contribution in [0, 0.1) is 0 Å².